The highest BCUT2D eigenvalue weighted by atomic mass is 16.5. The Bertz CT molecular complexity index is 646. The highest BCUT2D eigenvalue weighted by Crippen LogP contribution is 2.40. The molecule has 1 aromatic rings. The minimum Gasteiger partial charge on any atom is -0.496 e. The van der Waals surface area contributed by atoms with E-state index in [2.05, 4.69) is 23.1 Å². The maximum absolute atomic E-state index is 13.0. The lowest BCUT2D eigenvalue weighted by Gasteiger charge is -2.39. The number of carbonyl (C=O) groups is 1. The van der Waals surface area contributed by atoms with Crippen molar-refractivity contribution in [1.82, 2.24) is 9.80 Å². The zero-order valence-corrected chi connectivity index (χ0v) is 15.9. The summed E-state index contributed by atoms with van der Waals surface area (Å²) in [7, 11) is 3.39. The average molecular weight is 358 g/mol. The van der Waals surface area contributed by atoms with Crippen LogP contribution in [0.4, 0.5) is 0 Å². The Balaban J connectivity index is 1.58. The molecule has 1 amide bonds. The third kappa shape index (κ3) is 4.10. The van der Waals surface area contributed by atoms with Crippen LogP contribution >= 0.6 is 0 Å². The molecule has 142 valence electrons. The van der Waals surface area contributed by atoms with Gasteiger partial charge < -0.3 is 14.4 Å². The molecule has 2 saturated heterocycles. The molecule has 0 aliphatic carbocycles. The number of rotatable bonds is 7. The van der Waals surface area contributed by atoms with Gasteiger partial charge in [-0.15, -0.1) is 0 Å². The molecular weight excluding hydrogens is 328 g/mol. The van der Waals surface area contributed by atoms with Crippen LogP contribution in [0.25, 0.3) is 6.08 Å². The number of likely N-dealkylation sites (tertiary alicyclic amines) is 2. The van der Waals surface area contributed by atoms with Crippen LogP contribution in [-0.2, 0) is 9.53 Å². The van der Waals surface area contributed by atoms with Crippen molar-refractivity contribution < 1.29 is 14.3 Å². The first-order chi connectivity index (χ1) is 12.7. The molecule has 1 unspecified atom stereocenters. The Labute approximate surface area is 156 Å². The number of methoxy groups -OCH3 is 2. The molecule has 5 nitrogen and oxygen atoms in total. The fraction of sp³-hybridized carbons (Fsp3) is 0.571. The van der Waals surface area contributed by atoms with Gasteiger partial charge in [-0.25, -0.2) is 0 Å². The third-order valence-electron chi connectivity index (χ3n) is 5.62. The molecule has 0 bridgehead atoms. The fourth-order valence-electron chi connectivity index (χ4n) is 4.19. The Hall–Kier alpha value is -1.85. The van der Waals surface area contributed by atoms with Crippen LogP contribution in [0.5, 0.6) is 5.75 Å². The van der Waals surface area contributed by atoms with Gasteiger partial charge in [0, 0.05) is 38.9 Å². The van der Waals surface area contributed by atoms with E-state index in [-0.39, 0.29) is 5.41 Å². The quantitative estimate of drug-likeness (QED) is 0.752. The molecule has 2 fully saturated rings. The van der Waals surface area contributed by atoms with Crippen molar-refractivity contribution in [2.24, 2.45) is 5.41 Å². The summed E-state index contributed by atoms with van der Waals surface area (Å²) < 4.78 is 10.5. The smallest absolute Gasteiger partial charge is 0.230 e. The number of hydrogen-bond donors (Lipinski definition) is 0. The Morgan fingerprint density at radius 2 is 2.04 bits per heavy atom. The molecule has 5 heteroatoms. The van der Waals surface area contributed by atoms with Crippen LogP contribution in [0.2, 0.25) is 0 Å². The topological polar surface area (TPSA) is 42.0 Å². The predicted molar refractivity (Wildman–Crippen MR) is 103 cm³/mol. The maximum atomic E-state index is 13.0. The lowest BCUT2D eigenvalue weighted by atomic mass is 9.78. The average Bonchev–Trinajstić information content (AvgIpc) is 3.07. The van der Waals surface area contributed by atoms with Crippen molar-refractivity contribution in [3.8, 4) is 5.75 Å². The molecule has 1 spiro atoms. The number of benzene rings is 1. The number of nitrogens with zero attached hydrogens (tertiary/aromatic N) is 2. The number of hydrogen-bond acceptors (Lipinski definition) is 4. The van der Waals surface area contributed by atoms with Crippen molar-refractivity contribution >= 4 is 12.0 Å². The van der Waals surface area contributed by atoms with Crippen molar-refractivity contribution in [3.05, 3.63) is 35.9 Å². The number of piperidine rings is 1. The first-order valence-electron chi connectivity index (χ1n) is 9.49. The molecular formula is C21H30N2O3. The van der Waals surface area contributed by atoms with Crippen LogP contribution in [-0.4, -0.2) is 69.3 Å². The van der Waals surface area contributed by atoms with Gasteiger partial charge in [-0.05, 0) is 31.9 Å². The monoisotopic (exact) mass is 358 g/mol. The molecule has 0 saturated carbocycles. The van der Waals surface area contributed by atoms with E-state index in [1.54, 1.807) is 14.2 Å². The minimum atomic E-state index is -0.176. The first kappa shape index (κ1) is 18.9. The van der Waals surface area contributed by atoms with Crippen LogP contribution in [0, 0.1) is 5.41 Å². The van der Waals surface area contributed by atoms with E-state index in [1.807, 2.05) is 23.1 Å². The standard InChI is InChI=1S/C21H30N2O3/c1-25-16-15-23-13-6-10-21(20(23)24)11-14-22(17-21)12-5-8-18-7-3-4-9-19(18)26-2/h3-5,7-9H,6,10-17H2,1-2H3/b8-5+. The summed E-state index contributed by atoms with van der Waals surface area (Å²) in [4.78, 5) is 17.4. The zero-order valence-electron chi connectivity index (χ0n) is 15.9. The lowest BCUT2D eigenvalue weighted by Crippen LogP contribution is -2.50. The summed E-state index contributed by atoms with van der Waals surface area (Å²) in [5, 5.41) is 0. The molecule has 1 aromatic carbocycles. The minimum absolute atomic E-state index is 0.176. The van der Waals surface area contributed by atoms with Gasteiger partial charge in [0.15, 0.2) is 0 Å². The lowest BCUT2D eigenvalue weighted by molar-refractivity contribution is -0.146. The second kappa shape index (κ2) is 8.69. The van der Waals surface area contributed by atoms with E-state index in [9.17, 15) is 4.79 Å². The molecule has 0 radical (unpaired) electrons. The van der Waals surface area contributed by atoms with E-state index < -0.39 is 0 Å². The van der Waals surface area contributed by atoms with Crippen molar-refractivity contribution in [1.29, 1.82) is 0 Å². The van der Waals surface area contributed by atoms with Crippen LogP contribution in [0.3, 0.4) is 0 Å². The summed E-state index contributed by atoms with van der Waals surface area (Å²) in [5.74, 6) is 1.22. The third-order valence-corrected chi connectivity index (χ3v) is 5.62. The summed E-state index contributed by atoms with van der Waals surface area (Å²) in [5.41, 5.74) is 0.910. The number of para-hydroxylation sites is 1. The van der Waals surface area contributed by atoms with Gasteiger partial charge in [0.1, 0.15) is 5.75 Å². The van der Waals surface area contributed by atoms with E-state index in [1.165, 1.54) is 0 Å². The summed E-state index contributed by atoms with van der Waals surface area (Å²) in [6, 6.07) is 8.02. The highest BCUT2D eigenvalue weighted by Gasteiger charge is 2.47. The van der Waals surface area contributed by atoms with Crippen molar-refractivity contribution in [2.45, 2.75) is 19.3 Å². The van der Waals surface area contributed by atoms with Gasteiger partial charge in [-0.1, -0.05) is 30.4 Å². The zero-order chi connectivity index (χ0) is 18.4. The second-order valence-corrected chi connectivity index (χ2v) is 7.30. The largest absolute Gasteiger partial charge is 0.496 e. The molecule has 26 heavy (non-hydrogen) atoms. The Morgan fingerprint density at radius 1 is 1.19 bits per heavy atom. The summed E-state index contributed by atoms with van der Waals surface area (Å²) >= 11 is 0. The van der Waals surface area contributed by atoms with Crippen LogP contribution < -0.4 is 4.74 Å². The van der Waals surface area contributed by atoms with Gasteiger partial charge >= 0.3 is 0 Å². The number of carbonyl (C=O) groups excluding carboxylic acids is 1. The van der Waals surface area contributed by atoms with E-state index in [0.717, 1.165) is 56.8 Å². The predicted octanol–water partition coefficient (Wildman–Crippen LogP) is 2.67. The first-order valence-corrected chi connectivity index (χ1v) is 9.49. The van der Waals surface area contributed by atoms with Crippen molar-refractivity contribution in [3.63, 3.8) is 0 Å². The van der Waals surface area contributed by atoms with Gasteiger partial charge in [-0.3, -0.25) is 9.69 Å². The SMILES string of the molecule is COCCN1CCCC2(CCN(C/C=C/c3ccccc3OC)C2)C1=O. The van der Waals surface area contributed by atoms with Crippen molar-refractivity contribution in [2.75, 3.05) is 53.6 Å². The second-order valence-electron chi connectivity index (χ2n) is 7.30. The Morgan fingerprint density at radius 3 is 2.85 bits per heavy atom. The van der Waals surface area contributed by atoms with Gasteiger partial charge in [0.25, 0.3) is 0 Å². The molecule has 2 aliphatic heterocycles. The molecule has 3 rings (SSSR count). The molecule has 0 aromatic heterocycles. The molecule has 2 aliphatic rings. The van der Waals surface area contributed by atoms with Gasteiger partial charge in [0.2, 0.25) is 5.91 Å². The highest BCUT2D eigenvalue weighted by molar-refractivity contribution is 5.84. The summed E-state index contributed by atoms with van der Waals surface area (Å²) in [6.45, 7) is 4.92. The summed E-state index contributed by atoms with van der Waals surface area (Å²) in [6.07, 6.45) is 7.37. The molecule has 0 N–H and O–H groups in total. The van der Waals surface area contributed by atoms with E-state index in [4.69, 9.17) is 9.47 Å². The Kier molecular flexibility index (Phi) is 6.33. The van der Waals surface area contributed by atoms with E-state index in [0.29, 0.717) is 19.1 Å². The van der Waals surface area contributed by atoms with Crippen LogP contribution in [0.15, 0.2) is 30.3 Å². The van der Waals surface area contributed by atoms with Gasteiger partial charge in [-0.2, -0.15) is 0 Å². The van der Waals surface area contributed by atoms with Gasteiger partial charge in [0.05, 0.1) is 19.1 Å². The van der Waals surface area contributed by atoms with Crippen LogP contribution in [0.1, 0.15) is 24.8 Å². The number of amides is 1. The maximum Gasteiger partial charge on any atom is 0.230 e. The normalized spacial score (nSPS) is 24.1. The van der Waals surface area contributed by atoms with E-state index >= 15 is 0 Å². The molecule has 1 atom stereocenters. The number of ether oxygens (including phenoxy) is 2. The molecule has 2 heterocycles. The fourth-order valence-corrected chi connectivity index (χ4v) is 4.19.